The highest BCUT2D eigenvalue weighted by Gasteiger charge is 2.14. The fourth-order valence-electron chi connectivity index (χ4n) is 1.71. The lowest BCUT2D eigenvalue weighted by Gasteiger charge is -2.20. The highest BCUT2D eigenvalue weighted by molar-refractivity contribution is 5.91. The van der Waals surface area contributed by atoms with Crippen molar-refractivity contribution in [1.82, 2.24) is 9.88 Å². The van der Waals surface area contributed by atoms with Crippen LogP contribution in [0.5, 0.6) is 0 Å². The van der Waals surface area contributed by atoms with E-state index in [1.54, 1.807) is 25.2 Å². The Kier molecular flexibility index (Phi) is 3.09. The van der Waals surface area contributed by atoms with Gasteiger partial charge in [-0.3, -0.25) is 4.57 Å². The fraction of sp³-hybridized carbons (Fsp3) is 0.385. The van der Waals surface area contributed by atoms with Crippen LogP contribution in [-0.4, -0.2) is 16.1 Å². The number of aromatic nitrogens is 1. The molecule has 0 radical (unpaired) electrons. The van der Waals surface area contributed by atoms with Crippen LogP contribution in [0.15, 0.2) is 27.4 Å². The maximum Gasteiger partial charge on any atom is 0.419 e. The van der Waals surface area contributed by atoms with Gasteiger partial charge in [-0.05, 0) is 32.9 Å². The quantitative estimate of drug-likeness (QED) is 0.826. The van der Waals surface area contributed by atoms with E-state index in [1.807, 2.05) is 20.8 Å². The number of carbonyl (C=O) groups excluding carboxylic acids is 1. The summed E-state index contributed by atoms with van der Waals surface area (Å²) < 4.78 is 6.47. The van der Waals surface area contributed by atoms with E-state index in [1.165, 1.54) is 4.57 Å². The van der Waals surface area contributed by atoms with E-state index in [-0.39, 0.29) is 11.6 Å². The predicted molar refractivity (Wildman–Crippen MR) is 73.4 cm³/mol. The molecule has 6 heteroatoms. The molecule has 0 saturated carbocycles. The monoisotopic (exact) mass is 263 g/mol. The number of oxazole rings is 1. The van der Waals surface area contributed by atoms with Crippen molar-refractivity contribution in [3.05, 3.63) is 28.7 Å². The average Bonchev–Trinajstić information content (AvgIpc) is 2.51. The first-order valence-electron chi connectivity index (χ1n) is 5.95. The van der Waals surface area contributed by atoms with Gasteiger partial charge < -0.3 is 15.1 Å². The van der Waals surface area contributed by atoms with Crippen molar-refractivity contribution in [2.45, 2.75) is 26.3 Å². The van der Waals surface area contributed by atoms with Gasteiger partial charge in [-0.25, -0.2) is 9.59 Å². The minimum absolute atomic E-state index is 0.301. The first-order valence-corrected chi connectivity index (χ1v) is 5.95. The third-order valence-electron chi connectivity index (χ3n) is 2.54. The lowest BCUT2D eigenvalue weighted by atomic mass is 10.1. The first kappa shape index (κ1) is 13.2. The number of amides is 2. The van der Waals surface area contributed by atoms with Crippen LogP contribution in [0.3, 0.4) is 0 Å². The van der Waals surface area contributed by atoms with Crippen LogP contribution in [0.2, 0.25) is 0 Å². The molecular formula is C13H17N3O3. The Morgan fingerprint density at radius 3 is 2.63 bits per heavy atom. The number of hydrogen-bond donors (Lipinski definition) is 2. The summed E-state index contributed by atoms with van der Waals surface area (Å²) in [4.78, 5) is 23.1. The van der Waals surface area contributed by atoms with E-state index in [0.29, 0.717) is 16.8 Å². The number of fused-ring (bicyclic) bond motifs is 1. The molecule has 1 heterocycles. The Bertz CT molecular complexity index is 676. The van der Waals surface area contributed by atoms with Gasteiger partial charge in [0.15, 0.2) is 5.58 Å². The molecule has 0 bridgehead atoms. The van der Waals surface area contributed by atoms with Crippen molar-refractivity contribution < 1.29 is 9.21 Å². The Hall–Kier alpha value is -2.24. The van der Waals surface area contributed by atoms with Crippen LogP contribution in [0.25, 0.3) is 11.1 Å². The first-order chi connectivity index (χ1) is 8.76. The van der Waals surface area contributed by atoms with Gasteiger partial charge in [0, 0.05) is 24.3 Å². The van der Waals surface area contributed by atoms with Crippen molar-refractivity contribution in [2.75, 3.05) is 5.32 Å². The summed E-state index contributed by atoms with van der Waals surface area (Å²) in [6.45, 7) is 5.68. The number of aryl methyl sites for hydroxylation is 1. The average molecular weight is 263 g/mol. The molecule has 1 aromatic carbocycles. The molecule has 0 fully saturated rings. The summed E-state index contributed by atoms with van der Waals surface area (Å²) in [6.07, 6.45) is 0. The maximum atomic E-state index is 11.7. The number of anilines is 1. The molecule has 0 aliphatic heterocycles. The number of nitrogens with one attached hydrogen (secondary N) is 2. The third kappa shape index (κ3) is 2.96. The van der Waals surface area contributed by atoms with Gasteiger partial charge in [0.05, 0.1) is 5.52 Å². The predicted octanol–water partition coefficient (Wildman–Crippen LogP) is 2.05. The van der Waals surface area contributed by atoms with Crippen molar-refractivity contribution in [3.63, 3.8) is 0 Å². The minimum atomic E-state index is -0.425. The Balaban J connectivity index is 2.23. The second-order valence-electron chi connectivity index (χ2n) is 5.44. The molecule has 2 N–H and O–H groups in total. The standard InChI is InChI=1S/C13H17N3O3/c1-13(2,3)15-11(17)14-8-5-6-9-10(7-8)19-12(18)16(9)4/h5-7H,1-4H3,(H2,14,15,17). The van der Waals surface area contributed by atoms with Crippen molar-refractivity contribution >= 4 is 22.8 Å². The molecule has 2 rings (SSSR count). The molecule has 1 aromatic heterocycles. The topological polar surface area (TPSA) is 76.3 Å². The molecule has 0 spiro atoms. The molecule has 19 heavy (non-hydrogen) atoms. The molecule has 2 amide bonds. The molecule has 0 unspecified atom stereocenters. The molecule has 0 saturated heterocycles. The van der Waals surface area contributed by atoms with Crippen LogP contribution in [0, 0.1) is 0 Å². The van der Waals surface area contributed by atoms with Crippen molar-refractivity contribution in [2.24, 2.45) is 7.05 Å². The summed E-state index contributed by atoms with van der Waals surface area (Å²) >= 11 is 0. The van der Waals surface area contributed by atoms with Crippen LogP contribution >= 0.6 is 0 Å². The van der Waals surface area contributed by atoms with Crippen LogP contribution in [0.1, 0.15) is 20.8 Å². The van der Waals surface area contributed by atoms with Gasteiger partial charge in [-0.2, -0.15) is 0 Å². The SMILES string of the molecule is Cn1c(=O)oc2cc(NC(=O)NC(C)(C)C)ccc21. The summed E-state index contributed by atoms with van der Waals surface area (Å²) in [7, 11) is 1.63. The minimum Gasteiger partial charge on any atom is -0.408 e. The van der Waals surface area contributed by atoms with Gasteiger partial charge in [0.1, 0.15) is 0 Å². The van der Waals surface area contributed by atoms with E-state index < -0.39 is 5.76 Å². The third-order valence-corrected chi connectivity index (χ3v) is 2.54. The van der Waals surface area contributed by atoms with Crippen molar-refractivity contribution in [1.29, 1.82) is 0 Å². The van der Waals surface area contributed by atoms with Crippen LogP contribution in [0.4, 0.5) is 10.5 Å². The number of urea groups is 1. The largest absolute Gasteiger partial charge is 0.419 e. The Morgan fingerprint density at radius 1 is 1.32 bits per heavy atom. The zero-order valence-electron chi connectivity index (χ0n) is 11.4. The van der Waals surface area contributed by atoms with Gasteiger partial charge in [-0.1, -0.05) is 0 Å². The fourth-order valence-corrected chi connectivity index (χ4v) is 1.71. The van der Waals surface area contributed by atoms with Gasteiger partial charge in [0.25, 0.3) is 0 Å². The Morgan fingerprint density at radius 2 is 2.00 bits per heavy atom. The van der Waals surface area contributed by atoms with Crippen LogP contribution in [-0.2, 0) is 7.05 Å². The van der Waals surface area contributed by atoms with Crippen LogP contribution < -0.4 is 16.4 Å². The summed E-state index contributed by atoms with van der Waals surface area (Å²) in [5.74, 6) is -0.425. The second kappa shape index (κ2) is 4.46. The molecule has 0 aliphatic carbocycles. The number of carbonyl (C=O) groups is 1. The molecule has 102 valence electrons. The van der Waals surface area contributed by atoms with E-state index in [2.05, 4.69) is 10.6 Å². The number of hydrogen-bond acceptors (Lipinski definition) is 3. The van der Waals surface area contributed by atoms with E-state index in [0.717, 1.165) is 0 Å². The molecule has 0 aliphatic rings. The molecular weight excluding hydrogens is 246 g/mol. The van der Waals surface area contributed by atoms with E-state index in [4.69, 9.17) is 4.42 Å². The summed E-state index contributed by atoms with van der Waals surface area (Å²) in [5.41, 5.74) is 1.39. The summed E-state index contributed by atoms with van der Waals surface area (Å²) in [6, 6.07) is 4.77. The molecule has 2 aromatic rings. The van der Waals surface area contributed by atoms with Gasteiger partial charge in [0.2, 0.25) is 0 Å². The second-order valence-corrected chi connectivity index (χ2v) is 5.44. The maximum absolute atomic E-state index is 11.7. The number of nitrogens with zero attached hydrogens (tertiary/aromatic N) is 1. The normalized spacial score (nSPS) is 11.6. The Labute approximate surface area is 110 Å². The molecule has 6 nitrogen and oxygen atoms in total. The van der Waals surface area contributed by atoms with E-state index >= 15 is 0 Å². The smallest absolute Gasteiger partial charge is 0.408 e. The zero-order chi connectivity index (χ0) is 14.2. The molecule has 0 atom stereocenters. The number of benzene rings is 1. The number of rotatable bonds is 1. The van der Waals surface area contributed by atoms with Crippen molar-refractivity contribution in [3.8, 4) is 0 Å². The zero-order valence-corrected chi connectivity index (χ0v) is 11.4. The summed E-state index contributed by atoms with van der Waals surface area (Å²) in [5, 5.41) is 5.48. The van der Waals surface area contributed by atoms with Gasteiger partial charge >= 0.3 is 11.8 Å². The van der Waals surface area contributed by atoms with Gasteiger partial charge in [-0.15, -0.1) is 0 Å². The highest BCUT2D eigenvalue weighted by Crippen LogP contribution is 2.17. The highest BCUT2D eigenvalue weighted by atomic mass is 16.4. The lowest BCUT2D eigenvalue weighted by Crippen LogP contribution is -2.43. The lowest BCUT2D eigenvalue weighted by molar-refractivity contribution is 0.244. The van der Waals surface area contributed by atoms with E-state index in [9.17, 15) is 9.59 Å².